The topological polar surface area (TPSA) is 71.1 Å². The first kappa shape index (κ1) is 22.5. The van der Waals surface area contributed by atoms with Crippen LogP contribution in [0.4, 0.5) is 29.1 Å². The molecule has 0 radical (unpaired) electrons. The fourth-order valence-electron chi connectivity index (χ4n) is 2.98. The minimum absolute atomic E-state index is 0.0695. The van der Waals surface area contributed by atoms with Crippen LogP contribution in [0.25, 0.3) is 22.3 Å². The molecule has 2 N–H and O–H groups in total. The van der Waals surface area contributed by atoms with Crippen molar-refractivity contribution in [2.75, 3.05) is 16.3 Å². The molecule has 0 bridgehead atoms. The van der Waals surface area contributed by atoms with Gasteiger partial charge in [0, 0.05) is 23.5 Å². The van der Waals surface area contributed by atoms with Gasteiger partial charge in [-0.1, -0.05) is 12.1 Å². The average Bonchev–Trinajstić information content (AvgIpc) is 2.68. The maximum Gasteiger partial charge on any atom is 0.229 e. The number of hydrogen-bond acceptors (Lipinski definition) is 4. The molecule has 0 aliphatic heterocycles. The average molecular weight is 453 g/mol. The second-order valence-electron chi connectivity index (χ2n) is 7.19. The van der Waals surface area contributed by atoms with Crippen LogP contribution in [0, 0.1) is 23.3 Å². The summed E-state index contributed by atoms with van der Waals surface area (Å²) in [5.41, 5.74) is -1.91. The summed E-state index contributed by atoms with van der Waals surface area (Å²) in [6.45, 7) is 3.75. The van der Waals surface area contributed by atoms with Crippen LogP contribution in [0.15, 0.2) is 42.6 Å². The fraction of sp³-hybridized carbons (Fsp3) is 0.190. The van der Waals surface area contributed by atoms with Crippen molar-refractivity contribution < 1.29 is 26.0 Å². The molecule has 31 heavy (non-hydrogen) atoms. The van der Waals surface area contributed by atoms with E-state index < -0.39 is 44.4 Å². The van der Waals surface area contributed by atoms with Crippen LogP contribution in [0.2, 0.25) is 0 Å². The van der Waals surface area contributed by atoms with E-state index in [1.807, 2.05) is 13.8 Å². The van der Waals surface area contributed by atoms with Gasteiger partial charge >= 0.3 is 0 Å². The van der Waals surface area contributed by atoms with Gasteiger partial charge in [-0.2, -0.15) is 0 Å². The molecule has 0 aliphatic carbocycles. The molecule has 0 saturated heterocycles. The predicted molar refractivity (Wildman–Crippen MR) is 112 cm³/mol. The van der Waals surface area contributed by atoms with Crippen LogP contribution in [0.3, 0.4) is 0 Å². The molecule has 10 heteroatoms. The van der Waals surface area contributed by atoms with Crippen LogP contribution in [-0.2, 0) is 10.0 Å². The first-order valence-corrected chi connectivity index (χ1v) is 11.0. The number of aromatic nitrogens is 1. The lowest BCUT2D eigenvalue weighted by Crippen LogP contribution is -2.11. The number of rotatable bonds is 6. The second kappa shape index (κ2) is 8.54. The third kappa shape index (κ3) is 4.96. The van der Waals surface area contributed by atoms with Crippen molar-refractivity contribution in [2.24, 2.45) is 0 Å². The zero-order valence-electron chi connectivity index (χ0n) is 16.8. The van der Waals surface area contributed by atoms with Crippen molar-refractivity contribution in [3.8, 4) is 22.3 Å². The largest absolute Gasteiger partial charge is 0.368 e. The quantitative estimate of drug-likeness (QED) is 0.399. The maximum absolute atomic E-state index is 14.8. The maximum atomic E-state index is 14.8. The highest BCUT2D eigenvalue weighted by molar-refractivity contribution is 7.92. The molecule has 0 amide bonds. The van der Waals surface area contributed by atoms with Crippen molar-refractivity contribution >= 4 is 21.5 Å². The number of nitrogens with one attached hydrogen (secondary N) is 2. The highest BCUT2D eigenvalue weighted by Gasteiger charge is 2.27. The summed E-state index contributed by atoms with van der Waals surface area (Å²) in [5, 5.41) is 3.00. The Labute approximate surface area is 177 Å². The third-order valence-electron chi connectivity index (χ3n) is 4.23. The van der Waals surface area contributed by atoms with E-state index in [-0.39, 0.29) is 22.9 Å². The molecule has 0 unspecified atom stereocenters. The molecular weight excluding hydrogens is 434 g/mol. The van der Waals surface area contributed by atoms with Gasteiger partial charge in [0.2, 0.25) is 10.0 Å². The first-order chi connectivity index (χ1) is 14.5. The Hall–Kier alpha value is -3.14. The monoisotopic (exact) mass is 453 g/mol. The van der Waals surface area contributed by atoms with Crippen LogP contribution in [0.1, 0.15) is 13.8 Å². The van der Waals surface area contributed by atoms with Crippen molar-refractivity contribution in [1.82, 2.24) is 4.98 Å². The molecule has 3 rings (SSSR count). The summed E-state index contributed by atoms with van der Waals surface area (Å²) in [6, 6.07) is 7.59. The van der Waals surface area contributed by atoms with Crippen LogP contribution < -0.4 is 10.0 Å². The molecule has 0 aliphatic rings. The van der Waals surface area contributed by atoms with Gasteiger partial charge < -0.3 is 5.32 Å². The summed E-state index contributed by atoms with van der Waals surface area (Å²) >= 11 is 0. The van der Waals surface area contributed by atoms with Gasteiger partial charge in [0.15, 0.2) is 23.3 Å². The molecule has 164 valence electrons. The molecule has 0 fully saturated rings. The number of benzene rings is 2. The normalized spacial score (nSPS) is 11.6. The molecule has 2 aromatic carbocycles. The van der Waals surface area contributed by atoms with Gasteiger partial charge in [0.1, 0.15) is 5.82 Å². The van der Waals surface area contributed by atoms with E-state index in [1.165, 1.54) is 24.3 Å². The lowest BCUT2D eigenvalue weighted by atomic mass is 9.98. The molecule has 0 spiro atoms. The molecule has 3 aromatic rings. The Morgan fingerprint density at radius 1 is 0.806 bits per heavy atom. The van der Waals surface area contributed by atoms with Crippen molar-refractivity contribution in [3.63, 3.8) is 0 Å². The molecule has 0 atom stereocenters. The third-order valence-corrected chi connectivity index (χ3v) is 4.84. The Balaban J connectivity index is 2.04. The van der Waals surface area contributed by atoms with E-state index in [4.69, 9.17) is 0 Å². The first-order valence-electron chi connectivity index (χ1n) is 9.15. The van der Waals surface area contributed by atoms with Gasteiger partial charge in [-0.25, -0.2) is 31.0 Å². The molecule has 1 heterocycles. The van der Waals surface area contributed by atoms with E-state index in [9.17, 15) is 26.0 Å². The van der Waals surface area contributed by atoms with Gasteiger partial charge in [-0.15, -0.1) is 0 Å². The molecule has 5 nitrogen and oxygen atoms in total. The number of nitrogens with zero attached hydrogens (tertiary/aromatic N) is 1. The molecule has 0 saturated carbocycles. The van der Waals surface area contributed by atoms with E-state index in [1.54, 1.807) is 0 Å². The Bertz CT molecular complexity index is 1180. The van der Waals surface area contributed by atoms with Gasteiger partial charge in [-0.05, 0) is 43.7 Å². The number of sulfonamides is 1. The van der Waals surface area contributed by atoms with Crippen LogP contribution in [0.5, 0.6) is 0 Å². The summed E-state index contributed by atoms with van der Waals surface area (Å²) in [6.07, 6.45) is 2.06. The van der Waals surface area contributed by atoms with E-state index in [2.05, 4.69) is 15.0 Å². The van der Waals surface area contributed by atoms with Gasteiger partial charge in [0.05, 0.1) is 17.4 Å². The van der Waals surface area contributed by atoms with Crippen molar-refractivity contribution in [2.45, 2.75) is 19.9 Å². The Kier molecular flexibility index (Phi) is 6.21. The standard InChI is InChI=1S/C21H19F4N3O2S/c1-11(2)27-15-9-6-13(10-26-15)17-20(24)18(22)16(19(23)21(17)25)12-4-7-14(8-5-12)28-31(3,29)30/h4-11,28H,1-3H3,(H,26,27). The van der Waals surface area contributed by atoms with Crippen LogP contribution in [-0.4, -0.2) is 25.7 Å². The van der Waals surface area contributed by atoms with Crippen molar-refractivity contribution in [1.29, 1.82) is 0 Å². The minimum atomic E-state index is -3.56. The SMILES string of the molecule is CC(C)Nc1ccc(-c2c(F)c(F)c(-c3ccc(NS(C)(=O)=O)cc3)c(F)c2F)cn1. The van der Waals surface area contributed by atoms with E-state index >= 15 is 0 Å². The smallest absolute Gasteiger partial charge is 0.229 e. The number of hydrogen-bond donors (Lipinski definition) is 2. The summed E-state index contributed by atoms with van der Waals surface area (Å²) in [5.74, 6) is -5.80. The number of anilines is 2. The summed E-state index contributed by atoms with van der Waals surface area (Å²) < 4.78 is 83.8. The Morgan fingerprint density at radius 2 is 1.29 bits per heavy atom. The van der Waals surface area contributed by atoms with Gasteiger partial charge in [0.25, 0.3) is 0 Å². The van der Waals surface area contributed by atoms with Crippen LogP contribution >= 0.6 is 0 Å². The van der Waals surface area contributed by atoms with Crippen molar-refractivity contribution in [3.05, 3.63) is 65.9 Å². The van der Waals surface area contributed by atoms with E-state index in [0.717, 1.165) is 24.6 Å². The van der Waals surface area contributed by atoms with E-state index in [0.29, 0.717) is 5.82 Å². The Morgan fingerprint density at radius 3 is 1.71 bits per heavy atom. The zero-order valence-corrected chi connectivity index (χ0v) is 17.6. The zero-order chi connectivity index (χ0) is 22.9. The minimum Gasteiger partial charge on any atom is -0.368 e. The highest BCUT2D eigenvalue weighted by Crippen LogP contribution is 2.37. The summed E-state index contributed by atoms with van der Waals surface area (Å²) in [4.78, 5) is 4.01. The lowest BCUT2D eigenvalue weighted by molar-refractivity contribution is 0.463. The highest BCUT2D eigenvalue weighted by atomic mass is 32.2. The molecule has 1 aromatic heterocycles. The number of pyridine rings is 1. The fourth-order valence-corrected chi connectivity index (χ4v) is 3.54. The lowest BCUT2D eigenvalue weighted by Gasteiger charge is -2.14. The predicted octanol–water partition coefficient (Wildman–Crippen LogP) is 5.16. The second-order valence-corrected chi connectivity index (χ2v) is 8.94. The summed E-state index contributed by atoms with van der Waals surface area (Å²) in [7, 11) is -3.56. The number of halogens is 4. The van der Waals surface area contributed by atoms with Gasteiger partial charge in [-0.3, -0.25) is 4.72 Å². The molecular formula is C21H19F4N3O2S.